The van der Waals surface area contributed by atoms with E-state index >= 15 is 0 Å². The first-order chi connectivity index (χ1) is 27.8. The summed E-state index contributed by atoms with van der Waals surface area (Å²) in [5.41, 5.74) is 15.2. The summed E-state index contributed by atoms with van der Waals surface area (Å²) in [6.07, 6.45) is 5.56. The van der Waals surface area contributed by atoms with Crippen LogP contribution in [0.2, 0.25) is 0 Å². The van der Waals surface area contributed by atoms with Gasteiger partial charge in [-0.05, 0) is 125 Å². The molecule has 0 bridgehead atoms. The van der Waals surface area contributed by atoms with Crippen LogP contribution < -0.4 is 0 Å². The lowest BCUT2D eigenvalue weighted by Gasteiger charge is -2.12. The van der Waals surface area contributed by atoms with Crippen molar-refractivity contribution in [3.63, 3.8) is 0 Å². The van der Waals surface area contributed by atoms with Gasteiger partial charge in [-0.2, -0.15) is 0 Å². The highest BCUT2D eigenvalue weighted by atomic mass is 15.0. The molecule has 56 heavy (non-hydrogen) atoms. The Morgan fingerprint density at radius 3 is 1.61 bits per heavy atom. The average Bonchev–Trinajstić information content (AvgIpc) is 3.79. The maximum atomic E-state index is 4.92. The minimum Gasteiger partial charge on any atom is -0.309 e. The molecule has 5 heterocycles. The molecule has 0 amide bonds. The van der Waals surface area contributed by atoms with Crippen LogP contribution in [0, 0.1) is 0 Å². The van der Waals surface area contributed by atoms with Crippen LogP contribution in [0.3, 0.4) is 0 Å². The second-order valence-corrected chi connectivity index (χ2v) is 14.1. The monoisotopic (exact) mass is 715 g/mol. The predicted molar refractivity (Wildman–Crippen MR) is 230 cm³/mol. The summed E-state index contributed by atoms with van der Waals surface area (Å²) < 4.78 is 4.65. The number of aromatic nitrogens is 5. The fraction of sp³-hybridized carbons (Fsp3) is 0. The lowest BCUT2D eigenvalue weighted by Crippen LogP contribution is -1.95. The third-order valence-electron chi connectivity index (χ3n) is 10.9. The van der Waals surface area contributed by atoms with E-state index in [4.69, 9.17) is 4.98 Å². The topological polar surface area (TPSA) is 48.5 Å². The number of hydrogen-bond donors (Lipinski definition) is 0. The summed E-state index contributed by atoms with van der Waals surface area (Å²) in [5.74, 6) is 0. The quantitative estimate of drug-likeness (QED) is 0.172. The molecule has 5 heteroatoms. The number of para-hydroxylation sites is 2. The van der Waals surface area contributed by atoms with Crippen LogP contribution >= 0.6 is 0 Å². The molecule has 11 rings (SSSR count). The van der Waals surface area contributed by atoms with E-state index < -0.39 is 0 Å². The number of benzene rings is 6. The van der Waals surface area contributed by atoms with Crippen molar-refractivity contribution in [3.05, 3.63) is 201 Å². The molecule has 0 aliphatic rings. The number of nitrogens with zero attached hydrogens (tertiary/aromatic N) is 5. The summed E-state index contributed by atoms with van der Waals surface area (Å²) in [6.45, 7) is 0. The van der Waals surface area contributed by atoms with Crippen molar-refractivity contribution in [2.24, 2.45) is 0 Å². The van der Waals surface area contributed by atoms with E-state index in [0.29, 0.717) is 0 Å². The second-order valence-electron chi connectivity index (χ2n) is 14.1. The summed E-state index contributed by atoms with van der Waals surface area (Å²) in [5, 5.41) is 4.79. The lowest BCUT2D eigenvalue weighted by molar-refractivity contribution is 1.14. The molecular formula is C51H33N5. The molecule has 6 aromatic carbocycles. The van der Waals surface area contributed by atoms with Crippen molar-refractivity contribution < 1.29 is 0 Å². The van der Waals surface area contributed by atoms with Crippen molar-refractivity contribution in [1.29, 1.82) is 0 Å². The molecule has 11 aromatic rings. The first-order valence-corrected chi connectivity index (χ1v) is 18.8. The molecule has 0 fully saturated rings. The lowest BCUT2D eigenvalue weighted by atomic mass is 9.96. The van der Waals surface area contributed by atoms with E-state index in [-0.39, 0.29) is 0 Å². The fourth-order valence-corrected chi connectivity index (χ4v) is 8.25. The van der Waals surface area contributed by atoms with Gasteiger partial charge in [-0.15, -0.1) is 0 Å². The van der Waals surface area contributed by atoms with Crippen molar-refractivity contribution in [2.75, 3.05) is 0 Å². The van der Waals surface area contributed by atoms with Crippen LogP contribution in [0.1, 0.15) is 0 Å². The Bertz CT molecular complexity index is 3160. The summed E-state index contributed by atoms with van der Waals surface area (Å²) in [6, 6.07) is 64.6. The van der Waals surface area contributed by atoms with Crippen LogP contribution in [-0.2, 0) is 0 Å². The zero-order valence-electron chi connectivity index (χ0n) is 30.3. The summed E-state index contributed by atoms with van der Waals surface area (Å²) in [4.78, 5) is 14.2. The molecular weight excluding hydrogens is 683 g/mol. The Labute approximate surface area is 323 Å². The van der Waals surface area contributed by atoms with Gasteiger partial charge in [-0.25, -0.2) is 4.98 Å². The van der Waals surface area contributed by atoms with Gasteiger partial charge in [0.15, 0.2) is 0 Å². The zero-order valence-corrected chi connectivity index (χ0v) is 30.3. The number of fused-ring (bicyclic) bond motifs is 6. The minimum atomic E-state index is 0.928. The zero-order chi connectivity index (χ0) is 37.0. The van der Waals surface area contributed by atoms with Gasteiger partial charge in [-0.1, -0.05) is 78.9 Å². The van der Waals surface area contributed by atoms with Crippen LogP contribution in [-0.4, -0.2) is 24.1 Å². The molecule has 0 spiro atoms. The van der Waals surface area contributed by atoms with Crippen molar-refractivity contribution in [2.45, 2.75) is 0 Å². The van der Waals surface area contributed by atoms with Crippen molar-refractivity contribution in [1.82, 2.24) is 24.1 Å². The summed E-state index contributed by atoms with van der Waals surface area (Å²) >= 11 is 0. The highest BCUT2D eigenvalue weighted by molar-refractivity contribution is 6.12. The third kappa shape index (κ3) is 5.29. The van der Waals surface area contributed by atoms with Crippen LogP contribution in [0.25, 0.3) is 99.9 Å². The van der Waals surface area contributed by atoms with Crippen molar-refractivity contribution >= 4 is 43.7 Å². The maximum Gasteiger partial charge on any atom is 0.145 e. The Hall–Kier alpha value is -7.63. The Balaban J connectivity index is 1.02. The van der Waals surface area contributed by atoms with E-state index in [1.54, 1.807) is 0 Å². The first kappa shape index (κ1) is 31.9. The molecule has 0 unspecified atom stereocenters. The predicted octanol–water partition coefficient (Wildman–Crippen LogP) is 12.7. The van der Waals surface area contributed by atoms with Gasteiger partial charge in [0.25, 0.3) is 0 Å². The molecule has 0 atom stereocenters. The number of pyridine rings is 3. The molecule has 0 N–H and O–H groups in total. The van der Waals surface area contributed by atoms with E-state index in [1.165, 1.54) is 38.3 Å². The van der Waals surface area contributed by atoms with E-state index in [2.05, 4.69) is 159 Å². The molecule has 0 saturated carbocycles. The van der Waals surface area contributed by atoms with Crippen LogP contribution in [0.5, 0.6) is 0 Å². The average molecular weight is 716 g/mol. The Morgan fingerprint density at radius 2 is 0.857 bits per heavy atom. The number of hydrogen-bond acceptors (Lipinski definition) is 3. The minimum absolute atomic E-state index is 0.928. The van der Waals surface area contributed by atoms with Crippen LogP contribution in [0.15, 0.2) is 201 Å². The van der Waals surface area contributed by atoms with E-state index in [1.807, 2.05) is 61.1 Å². The first-order valence-electron chi connectivity index (χ1n) is 18.8. The molecule has 0 aliphatic heterocycles. The number of rotatable bonds is 6. The van der Waals surface area contributed by atoms with Crippen molar-refractivity contribution in [3.8, 4) is 56.1 Å². The van der Waals surface area contributed by atoms with Crippen LogP contribution in [0.4, 0.5) is 0 Å². The highest BCUT2D eigenvalue weighted by Crippen LogP contribution is 2.38. The van der Waals surface area contributed by atoms with Gasteiger partial charge in [0.2, 0.25) is 0 Å². The van der Waals surface area contributed by atoms with Gasteiger partial charge in [0.1, 0.15) is 5.65 Å². The standard InChI is InChI=1S/C51H33N5/c1-2-11-40(12-3-1)55-48-17-5-4-13-42(48)43-24-20-36(33-50(43)55)35-21-25-49-45(32-35)44-14-10-28-54-51(44)56(49)41-22-18-34(19-23-41)37-29-38(46-15-6-8-26-52-46)31-39(30-37)47-16-7-9-27-53-47/h1-33H. The molecule has 5 aromatic heterocycles. The summed E-state index contributed by atoms with van der Waals surface area (Å²) in [7, 11) is 0. The SMILES string of the molecule is c1ccc(-n2c3ccccc3c3ccc(-c4ccc5c(c4)c4cccnc4n5-c4ccc(-c5cc(-c6ccccn6)cc(-c6ccccn6)c5)cc4)cc32)cc1. The third-order valence-corrected chi connectivity index (χ3v) is 10.9. The normalized spacial score (nSPS) is 11.6. The Morgan fingerprint density at radius 1 is 0.286 bits per heavy atom. The largest absolute Gasteiger partial charge is 0.309 e. The molecule has 0 radical (unpaired) electrons. The fourth-order valence-electron chi connectivity index (χ4n) is 8.25. The highest BCUT2D eigenvalue weighted by Gasteiger charge is 2.17. The molecule has 262 valence electrons. The molecule has 0 aliphatic carbocycles. The van der Waals surface area contributed by atoms with Gasteiger partial charge >= 0.3 is 0 Å². The molecule has 0 saturated heterocycles. The van der Waals surface area contributed by atoms with Gasteiger partial charge in [-0.3, -0.25) is 14.5 Å². The molecule has 5 nitrogen and oxygen atoms in total. The van der Waals surface area contributed by atoms with Gasteiger partial charge in [0.05, 0.1) is 27.9 Å². The second kappa shape index (κ2) is 13.0. The van der Waals surface area contributed by atoms with E-state index in [0.717, 1.165) is 61.6 Å². The van der Waals surface area contributed by atoms with Gasteiger partial charge < -0.3 is 4.57 Å². The smallest absolute Gasteiger partial charge is 0.145 e. The maximum absolute atomic E-state index is 4.92. The van der Waals surface area contributed by atoms with E-state index in [9.17, 15) is 0 Å². The Kier molecular flexibility index (Phi) is 7.42. The van der Waals surface area contributed by atoms with Gasteiger partial charge in [0, 0.05) is 62.6 Å².